The largest absolute Gasteiger partial charge is 0.393 e. The van der Waals surface area contributed by atoms with Gasteiger partial charge in [0, 0.05) is 31.4 Å². The summed E-state index contributed by atoms with van der Waals surface area (Å²) in [5.74, 6) is 1.60. The Morgan fingerprint density at radius 1 is 0.743 bits per heavy atom. The third kappa shape index (κ3) is 6.71. The van der Waals surface area contributed by atoms with Gasteiger partial charge in [0.25, 0.3) is 0 Å². The Balaban J connectivity index is 0.000000378. The molecule has 2 N–H and O–H groups in total. The molecule has 0 saturated heterocycles. The Bertz CT molecular complexity index is 1270. The van der Waals surface area contributed by atoms with Gasteiger partial charge in [-0.2, -0.15) is 5.10 Å². The van der Waals surface area contributed by atoms with E-state index in [2.05, 4.69) is 75.4 Å². The van der Waals surface area contributed by atoms with E-state index in [0.717, 1.165) is 28.5 Å². The van der Waals surface area contributed by atoms with Crippen molar-refractivity contribution in [3.63, 3.8) is 0 Å². The summed E-state index contributed by atoms with van der Waals surface area (Å²) in [6.07, 6.45) is -0.278. The van der Waals surface area contributed by atoms with Gasteiger partial charge < -0.3 is 14.8 Å². The van der Waals surface area contributed by atoms with Gasteiger partial charge in [0.1, 0.15) is 0 Å². The van der Waals surface area contributed by atoms with Crippen molar-refractivity contribution < 1.29 is 30.3 Å². The van der Waals surface area contributed by atoms with Crippen LogP contribution in [0.1, 0.15) is 20.3 Å². The average molecular weight is 643 g/mol. The van der Waals surface area contributed by atoms with Crippen LogP contribution in [-0.2, 0) is 20.1 Å². The summed E-state index contributed by atoms with van der Waals surface area (Å²) in [7, 11) is 0. The number of aliphatic hydroxyl groups is 2. The number of hydrogen-bond donors (Lipinski definition) is 2. The standard InChI is InChI=1S/C24H16N3.C5H12O2.Ir/c1-3-10-19(11-4-1)23-25-26-24(20-12-5-2-6-13-20)27(23)22-16-15-18-9-7-8-14-21(18)17-22;1-4(6)3-5(2)7;/h1-12,14-17H;4-7H,3H2,1-2H3;/q-1;;. The van der Waals surface area contributed by atoms with Gasteiger partial charge in [-0.05, 0) is 43.2 Å². The van der Waals surface area contributed by atoms with E-state index in [-0.39, 0.29) is 32.3 Å². The molecule has 0 spiro atoms. The number of nitrogens with zero attached hydrogens (tertiary/aromatic N) is 3. The van der Waals surface area contributed by atoms with Crippen molar-refractivity contribution in [1.82, 2.24) is 14.8 Å². The van der Waals surface area contributed by atoms with E-state index >= 15 is 0 Å². The van der Waals surface area contributed by atoms with E-state index in [4.69, 9.17) is 10.2 Å². The molecule has 0 aliphatic heterocycles. The van der Waals surface area contributed by atoms with E-state index in [1.807, 2.05) is 42.5 Å². The fraction of sp³-hybridized carbons (Fsp3) is 0.172. The van der Waals surface area contributed by atoms with E-state index in [1.54, 1.807) is 13.8 Å². The molecule has 2 atom stereocenters. The molecule has 1 radical (unpaired) electrons. The van der Waals surface area contributed by atoms with Crippen LogP contribution in [-0.4, -0.2) is 37.2 Å². The number of hydrogen-bond acceptors (Lipinski definition) is 4. The molecule has 2 unspecified atom stereocenters. The number of aliphatic hydroxyl groups excluding tert-OH is 2. The zero-order valence-electron chi connectivity index (χ0n) is 19.7. The maximum atomic E-state index is 8.56. The molecule has 0 aliphatic rings. The summed E-state index contributed by atoms with van der Waals surface area (Å²) < 4.78 is 2.10. The number of benzene rings is 4. The summed E-state index contributed by atoms with van der Waals surface area (Å²) in [6, 6.07) is 36.1. The zero-order chi connectivity index (χ0) is 23.9. The first-order valence-electron chi connectivity index (χ1n) is 11.4. The predicted octanol–water partition coefficient (Wildman–Crippen LogP) is 5.69. The van der Waals surface area contributed by atoms with Crippen LogP contribution < -0.4 is 0 Å². The Labute approximate surface area is 219 Å². The third-order valence-corrected chi connectivity index (χ3v) is 5.32. The van der Waals surface area contributed by atoms with E-state index in [0.29, 0.717) is 6.42 Å². The molecule has 0 aliphatic carbocycles. The second kappa shape index (κ2) is 12.5. The second-order valence-electron chi connectivity index (χ2n) is 8.29. The molecule has 1 heterocycles. The van der Waals surface area contributed by atoms with Gasteiger partial charge in [-0.3, -0.25) is 0 Å². The zero-order valence-corrected chi connectivity index (χ0v) is 22.1. The van der Waals surface area contributed by atoms with E-state index < -0.39 is 0 Å². The topological polar surface area (TPSA) is 71.2 Å². The third-order valence-electron chi connectivity index (χ3n) is 5.32. The van der Waals surface area contributed by atoms with Crippen molar-refractivity contribution in [2.75, 3.05) is 0 Å². The first-order chi connectivity index (χ1) is 16.5. The van der Waals surface area contributed by atoms with Gasteiger partial charge in [-0.1, -0.05) is 60.7 Å². The summed E-state index contributed by atoms with van der Waals surface area (Å²) in [6.45, 7) is 3.32. The fourth-order valence-corrected chi connectivity index (χ4v) is 3.82. The van der Waals surface area contributed by atoms with Crippen LogP contribution >= 0.6 is 0 Å². The smallest absolute Gasteiger partial charge is 0.159 e. The fourth-order valence-electron chi connectivity index (χ4n) is 3.82. The monoisotopic (exact) mass is 643 g/mol. The van der Waals surface area contributed by atoms with Gasteiger partial charge >= 0.3 is 0 Å². The minimum Gasteiger partial charge on any atom is -0.393 e. The molecule has 1 aromatic heterocycles. The van der Waals surface area contributed by atoms with Crippen LogP contribution in [0.3, 0.4) is 0 Å². The average Bonchev–Trinajstić information content (AvgIpc) is 3.30. The number of aromatic nitrogens is 3. The molecule has 5 aromatic rings. The maximum Gasteiger partial charge on any atom is 0.159 e. The van der Waals surface area contributed by atoms with E-state index in [9.17, 15) is 0 Å². The van der Waals surface area contributed by atoms with Gasteiger partial charge in [0.05, 0.1) is 18.0 Å². The number of fused-ring (bicyclic) bond motifs is 1. The maximum absolute atomic E-state index is 8.56. The van der Waals surface area contributed by atoms with Crippen molar-refractivity contribution in [1.29, 1.82) is 0 Å². The Morgan fingerprint density at radius 2 is 1.37 bits per heavy atom. The Kier molecular flexibility index (Phi) is 9.47. The van der Waals surface area contributed by atoms with Crippen molar-refractivity contribution in [2.45, 2.75) is 32.5 Å². The van der Waals surface area contributed by atoms with Crippen LogP contribution in [0.4, 0.5) is 0 Å². The van der Waals surface area contributed by atoms with Crippen molar-refractivity contribution in [3.8, 4) is 28.5 Å². The molecule has 4 aromatic carbocycles. The normalized spacial score (nSPS) is 12.2. The summed E-state index contributed by atoms with van der Waals surface area (Å²) >= 11 is 0. The number of rotatable bonds is 5. The first kappa shape index (κ1) is 26.5. The van der Waals surface area contributed by atoms with Crippen LogP contribution in [0, 0.1) is 6.07 Å². The molecule has 6 heteroatoms. The molecule has 5 rings (SSSR count). The molecule has 5 nitrogen and oxygen atoms in total. The molecule has 0 amide bonds. The molecule has 0 saturated carbocycles. The molecule has 0 bridgehead atoms. The van der Waals surface area contributed by atoms with Gasteiger partial charge in [-0.25, -0.2) is 0 Å². The van der Waals surface area contributed by atoms with Gasteiger partial charge in [0.15, 0.2) is 5.82 Å². The van der Waals surface area contributed by atoms with E-state index in [1.165, 1.54) is 10.8 Å². The van der Waals surface area contributed by atoms with Crippen molar-refractivity contribution >= 4 is 10.8 Å². The summed E-state index contributed by atoms with van der Waals surface area (Å²) in [4.78, 5) is 0. The first-order valence-corrected chi connectivity index (χ1v) is 11.4. The Morgan fingerprint density at radius 3 is 2.00 bits per heavy atom. The van der Waals surface area contributed by atoms with Crippen molar-refractivity contribution in [2.24, 2.45) is 0 Å². The minimum absolute atomic E-state index is 0. The van der Waals surface area contributed by atoms with Gasteiger partial charge in [0.2, 0.25) is 0 Å². The van der Waals surface area contributed by atoms with Crippen LogP contribution in [0.5, 0.6) is 0 Å². The SMILES string of the molecule is CC(O)CC(C)O.[Ir].[c-]1ccccc1-c1nnc(-c2ccccc2)n1-c1ccc2ccccc2c1. The summed E-state index contributed by atoms with van der Waals surface area (Å²) in [5, 5.41) is 28.5. The molecule has 35 heavy (non-hydrogen) atoms. The summed E-state index contributed by atoms with van der Waals surface area (Å²) in [5.41, 5.74) is 2.98. The minimum atomic E-state index is -0.375. The van der Waals surface area contributed by atoms with Crippen LogP contribution in [0.2, 0.25) is 0 Å². The van der Waals surface area contributed by atoms with Crippen LogP contribution in [0.15, 0.2) is 97.1 Å². The quantitative estimate of drug-likeness (QED) is 0.242. The molecule has 181 valence electrons. The molecule has 0 fully saturated rings. The van der Waals surface area contributed by atoms with Gasteiger partial charge in [-0.15, -0.1) is 41.0 Å². The second-order valence-corrected chi connectivity index (χ2v) is 8.29. The van der Waals surface area contributed by atoms with Crippen molar-refractivity contribution in [3.05, 3.63) is 103 Å². The van der Waals surface area contributed by atoms with Crippen LogP contribution in [0.25, 0.3) is 39.2 Å². The molecular formula is C29H28IrN3O2-. The Hall–Kier alpha value is -3.15. The molecular weight excluding hydrogens is 615 g/mol. The predicted molar refractivity (Wildman–Crippen MR) is 137 cm³/mol.